The molecule has 14 heavy (non-hydrogen) atoms. The molecule has 0 aromatic carbocycles. The molecule has 5 nitrogen and oxygen atoms in total. The van der Waals surface area contributed by atoms with E-state index in [4.69, 9.17) is 11.0 Å². The van der Waals surface area contributed by atoms with Gasteiger partial charge in [-0.3, -0.25) is 0 Å². The fourth-order valence-corrected chi connectivity index (χ4v) is 3.23. The lowest BCUT2D eigenvalue weighted by molar-refractivity contribution is 0.407. The van der Waals surface area contributed by atoms with Gasteiger partial charge in [0.15, 0.2) is 5.75 Å². The van der Waals surface area contributed by atoms with Crippen LogP contribution in [0.1, 0.15) is 13.3 Å². The van der Waals surface area contributed by atoms with Crippen LogP contribution >= 0.6 is 0 Å². The molecule has 80 valence electrons. The van der Waals surface area contributed by atoms with Crippen LogP contribution in [0.3, 0.4) is 0 Å². The summed E-state index contributed by atoms with van der Waals surface area (Å²) in [6.45, 7) is 2.81. The van der Waals surface area contributed by atoms with Gasteiger partial charge in [0.25, 0.3) is 0 Å². The minimum Gasteiger partial charge on any atom is -0.330 e. The van der Waals surface area contributed by atoms with Crippen LogP contribution in [0.5, 0.6) is 0 Å². The summed E-state index contributed by atoms with van der Waals surface area (Å²) in [5.74, 6) is -0.201. The predicted molar refractivity (Wildman–Crippen MR) is 52.7 cm³/mol. The zero-order chi connectivity index (χ0) is 10.8. The van der Waals surface area contributed by atoms with Crippen LogP contribution < -0.4 is 5.73 Å². The van der Waals surface area contributed by atoms with Gasteiger partial charge >= 0.3 is 0 Å². The van der Waals surface area contributed by atoms with Crippen LogP contribution in [-0.2, 0) is 10.0 Å². The van der Waals surface area contributed by atoms with E-state index in [0.717, 1.165) is 6.42 Å². The SMILES string of the molecule is CC1CC(CN)CN1S(=O)(=O)CC#N. The molecule has 0 bridgehead atoms. The molecule has 0 amide bonds. The van der Waals surface area contributed by atoms with Crippen molar-refractivity contribution >= 4 is 10.0 Å². The highest BCUT2D eigenvalue weighted by atomic mass is 32.2. The maximum absolute atomic E-state index is 11.6. The normalized spacial score (nSPS) is 28.9. The summed E-state index contributed by atoms with van der Waals surface area (Å²) in [6.07, 6.45) is 0.793. The lowest BCUT2D eigenvalue weighted by Gasteiger charge is -2.18. The molecule has 1 heterocycles. The topological polar surface area (TPSA) is 87.2 Å². The van der Waals surface area contributed by atoms with E-state index in [1.54, 1.807) is 6.07 Å². The third kappa shape index (κ3) is 2.23. The number of sulfonamides is 1. The number of nitriles is 1. The molecule has 1 rings (SSSR count). The zero-order valence-electron chi connectivity index (χ0n) is 8.18. The highest BCUT2D eigenvalue weighted by Crippen LogP contribution is 2.24. The molecule has 2 atom stereocenters. The first-order valence-electron chi connectivity index (χ1n) is 4.57. The Morgan fingerprint density at radius 2 is 2.29 bits per heavy atom. The van der Waals surface area contributed by atoms with Crippen molar-refractivity contribution in [3.05, 3.63) is 0 Å². The molecule has 1 aliphatic rings. The molecule has 0 aromatic heterocycles. The van der Waals surface area contributed by atoms with Crippen LogP contribution in [0.2, 0.25) is 0 Å². The van der Waals surface area contributed by atoms with E-state index in [0.29, 0.717) is 13.1 Å². The zero-order valence-corrected chi connectivity index (χ0v) is 9.00. The fraction of sp³-hybridized carbons (Fsp3) is 0.875. The van der Waals surface area contributed by atoms with Crippen molar-refractivity contribution in [2.45, 2.75) is 19.4 Å². The number of nitrogens with two attached hydrogens (primary N) is 1. The molecule has 0 aliphatic carbocycles. The monoisotopic (exact) mass is 217 g/mol. The molecular weight excluding hydrogens is 202 g/mol. The average Bonchev–Trinajstić information content (AvgIpc) is 2.47. The summed E-state index contributed by atoms with van der Waals surface area (Å²) < 4.78 is 24.5. The van der Waals surface area contributed by atoms with Crippen molar-refractivity contribution in [3.63, 3.8) is 0 Å². The minimum absolute atomic E-state index is 0.0260. The van der Waals surface area contributed by atoms with E-state index in [1.807, 2.05) is 6.92 Å². The van der Waals surface area contributed by atoms with Gasteiger partial charge in [-0.05, 0) is 25.8 Å². The molecule has 1 fully saturated rings. The van der Waals surface area contributed by atoms with Crippen molar-refractivity contribution in [1.82, 2.24) is 4.31 Å². The van der Waals surface area contributed by atoms with Crippen LogP contribution in [-0.4, -0.2) is 37.6 Å². The first-order valence-corrected chi connectivity index (χ1v) is 6.18. The van der Waals surface area contributed by atoms with Crippen molar-refractivity contribution in [1.29, 1.82) is 5.26 Å². The van der Waals surface area contributed by atoms with Gasteiger partial charge in [0.2, 0.25) is 10.0 Å². The van der Waals surface area contributed by atoms with Crippen molar-refractivity contribution in [2.75, 3.05) is 18.8 Å². The second kappa shape index (κ2) is 4.26. The Bertz CT molecular complexity index is 333. The number of nitrogens with zero attached hydrogens (tertiary/aromatic N) is 2. The second-order valence-corrected chi connectivity index (χ2v) is 5.59. The Hall–Kier alpha value is -0.640. The third-order valence-electron chi connectivity index (χ3n) is 2.54. The van der Waals surface area contributed by atoms with E-state index >= 15 is 0 Å². The van der Waals surface area contributed by atoms with Crippen LogP contribution in [0.4, 0.5) is 0 Å². The summed E-state index contributed by atoms with van der Waals surface area (Å²) in [5, 5.41) is 8.39. The number of hydrogen-bond donors (Lipinski definition) is 1. The van der Waals surface area contributed by atoms with Crippen LogP contribution in [0.25, 0.3) is 0 Å². The average molecular weight is 217 g/mol. The van der Waals surface area contributed by atoms with E-state index in [9.17, 15) is 8.42 Å². The Kier molecular flexibility index (Phi) is 3.48. The quantitative estimate of drug-likeness (QED) is 0.691. The van der Waals surface area contributed by atoms with E-state index in [-0.39, 0.29) is 12.0 Å². The Morgan fingerprint density at radius 3 is 2.71 bits per heavy atom. The van der Waals surface area contributed by atoms with Gasteiger partial charge in [0, 0.05) is 12.6 Å². The van der Waals surface area contributed by atoms with E-state index in [2.05, 4.69) is 0 Å². The summed E-state index contributed by atoms with van der Waals surface area (Å²) >= 11 is 0. The van der Waals surface area contributed by atoms with Gasteiger partial charge in [-0.25, -0.2) is 8.42 Å². The fourth-order valence-electron chi connectivity index (χ4n) is 1.83. The number of hydrogen-bond acceptors (Lipinski definition) is 4. The first kappa shape index (κ1) is 11.4. The molecule has 6 heteroatoms. The second-order valence-electron chi connectivity index (χ2n) is 3.67. The lowest BCUT2D eigenvalue weighted by Crippen LogP contribution is -2.35. The molecule has 2 unspecified atom stereocenters. The molecule has 0 radical (unpaired) electrons. The summed E-state index contributed by atoms with van der Waals surface area (Å²) in [7, 11) is -3.39. The Labute approximate surface area is 84.5 Å². The predicted octanol–water partition coefficient (Wildman–Crippen LogP) is -0.491. The highest BCUT2D eigenvalue weighted by molar-refractivity contribution is 7.89. The summed E-state index contributed by atoms with van der Waals surface area (Å²) in [5.41, 5.74) is 5.49. The van der Waals surface area contributed by atoms with Crippen molar-refractivity contribution in [2.24, 2.45) is 11.7 Å². The summed E-state index contributed by atoms with van der Waals surface area (Å²) in [6, 6.07) is 1.65. The lowest BCUT2D eigenvalue weighted by atomic mass is 10.1. The van der Waals surface area contributed by atoms with Gasteiger partial charge in [0.1, 0.15) is 0 Å². The highest BCUT2D eigenvalue weighted by Gasteiger charge is 2.35. The van der Waals surface area contributed by atoms with E-state index in [1.165, 1.54) is 4.31 Å². The van der Waals surface area contributed by atoms with E-state index < -0.39 is 15.8 Å². The van der Waals surface area contributed by atoms with Crippen LogP contribution in [0, 0.1) is 17.2 Å². The smallest absolute Gasteiger partial charge is 0.227 e. The third-order valence-corrected chi connectivity index (χ3v) is 4.26. The molecule has 1 aliphatic heterocycles. The maximum Gasteiger partial charge on any atom is 0.227 e. The molecule has 0 aromatic rings. The Balaban J connectivity index is 2.76. The van der Waals surface area contributed by atoms with Gasteiger partial charge in [-0.1, -0.05) is 0 Å². The molecule has 1 saturated heterocycles. The Morgan fingerprint density at radius 1 is 1.64 bits per heavy atom. The van der Waals surface area contributed by atoms with Crippen molar-refractivity contribution < 1.29 is 8.42 Å². The number of rotatable bonds is 3. The standard InChI is InChI=1S/C8H15N3O2S/c1-7-4-8(5-10)6-11(7)14(12,13)3-2-9/h7-8H,3-6,10H2,1H3. The molecule has 0 spiro atoms. The largest absolute Gasteiger partial charge is 0.330 e. The molecule has 0 saturated carbocycles. The summed E-state index contributed by atoms with van der Waals surface area (Å²) in [4.78, 5) is 0. The van der Waals surface area contributed by atoms with Gasteiger partial charge in [0.05, 0.1) is 6.07 Å². The van der Waals surface area contributed by atoms with Gasteiger partial charge in [-0.2, -0.15) is 9.57 Å². The molecule has 2 N–H and O–H groups in total. The minimum atomic E-state index is -3.39. The maximum atomic E-state index is 11.6. The first-order chi connectivity index (χ1) is 6.51. The van der Waals surface area contributed by atoms with Crippen LogP contribution in [0.15, 0.2) is 0 Å². The molecular formula is C8H15N3O2S. The van der Waals surface area contributed by atoms with Gasteiger partial charge < -0.3 is 5.73 Å². The van der Waals surface area contributed by atoms with Crippen molar-refractivity contribution in [3.8, 4) is 6.07 Å². The van der Waals surface area contributed by atoms with Gasteiger partial charge in [-0.15, -0.1) is 0 Å².